The van der Waals surface area contributed by atoms with Gasteiger partial charge in [0.25, 0.3) is 0 Å². The maximum Gasteiger partial charge on any atom is 0.325 e. The SMILES string of the molecule is Cc1ccc(C)n1-c1nn(CC(=O)O)c2ncccc12. The molecule has 0 atom stereocenters. The Hall–Kier alpha value is -2.63. The fourth-order valence-corrected chi connectivity index (χ4v) is 2.40. The number of nitrogens with zero attached hydrogens (tertiary/aromatic N) is 4. The van der Waals surface area contributed by atoms with E-state index in [0.29, 0.717) is 11.5 Å². The Morgan fingerprint density at radius 3 is 2.60 bits per heavy atom. The minimum absolute atomic E-state index is 0.202. The number of aromatic nitrogens is 4. The van der Waals surface area contributed by atoms with Gasteiger partial charge in [-0.05, 0) is 38.1 Å². The molecule has 0 aromatic carbocycles. The molecule has 0 saturated heterocycles. The van der Waals surface area contributed by atoms with Crippen LogP contribution in [0.1, 0.15) is 11.4 Å². The van der Waals surface area contributed by atoms with Gasteiger partial charge >= 0.3 is 5.97 Å². The van der Waals surface area contributed by atoms with E-state index in [1.165, 1.54) is 4.68 Å². The Balaban J connectivity index is 2.29. The minimum Gasteiger partial charge on any atom is -0.480 e. The first kappa shape index (κ1) is 12.4. The van der Waals surface area contributed by atoms with Gasteiger partial charge in [-0.3, -0.25) is 4.79 Å². The molecule has 0 fully saturated rings. The zero-order valence-corrected chi connectivity index (χ0v) is 11.2. The van der Waals surface area contributed by atoms with Crippen LogP contribution in [0, 0.1) is 13.8 Å². The average molecular weight is 270 g/mol. The van der Waals surface area contributed by atoms with Gasteiger partial charge in [0.15, 0.2) is 11.5 Å². The van der Waals surface area contributed by atoms with Crippen LogP contribution in [0.15, 0.2) is 30.5 Å². The van der Waals surface area contributed by atoms with E-state index in [1.807, 2.05) is 42.7 Å². The first-order chi connectivity index (χ1) is 9.58. The number of pyridine rings is 1. The predicted octanol–water partition coefficient (Wildman–Crippen LogP) is 1.92. The number of carboxylic acid groups (broad SMARTS) is 1. The fraction of sp³-hybridized carbons (Fsp3) is 0.214. The van der Waals surface area contributed by atoms with Crippen LogP contribution in [-0.2, 0) is 11.3 Å². The van der Waals surface area contributed by atoms with Crippen LogP contribution in [0.25, 0.3) is 16.9 Å². The third kappa shape index (κ3) is 1.85. The molecule has 102 valence electrons. The van der Waals surface area contributed by atoms with Crippen molar-refractivity contribution in [2.24, 2.45) is 0 Å². The van der Waals surface area contributed by atoms with Gasteiger partial charge in [0.1, 0.15) is 6.54 Å². The second-order valence-electron chi connectivity index (χ2n) is 4.70. The van der Waals surface area contributed by atoms with E-state index in [0.717, 1.165) is 16.8 Å². The number of carboxylic acids is 1. The van der Waals surface area contributed by atoms with Gasteiger partial charge in [0.2, 0.25) is 0 Å². The Morgan fingerprint density at radius 1 is 1.25 bits per heavy atom. The molecule has 3 heterocycles. The van der Waals surface area contributed by atoms with Gasteiger partial charge in [-0.2, -0.15) is 5.10 Å². The van der Waals surface area contributed by atoms with E-state index in [4.69, 9.17) is 5.11 Å². The molecule has 0 spiro atoms. The summed E-state index contributed by atoms with van der Waals surface area (Å²) in [5.41, 5.74) is 2.68. The summed E-state index contributed by atoms with van der Waals surface area (Å²) in [7, 11) is 0. The molecule has 3 aromatic rings. The lowest BCUT2D eigenvalue weighted by Gasteiger charge is -2.05. The summed E-state index contributed by atoms with van der Waals surface area (Å²) in [5.74, 6) is -0.220. The van der Waals surface area contributed by atoms with Crippen molar-refractivity contribution in [3.8, 4) is 5.82 Å². The highest BCUT2D eigenvalue weighted by atomic mass is 16.4. The summed E-state index contributed by atoms with van der Waals surface area (Å²) in [6, 6.07) is 7.75. The lowest BCUT2D eigenvalue weighted by molar-refractivity contribution is -0.137. The van der Waals surface area contributed by atoms with Gasteiger partial charge in [-0.25, -0.2) is 9.67 Å². The summed E-state index contributed by atoms with van der Waals surface area (Å²) < 4.78 is 3.42. The average Bonchev–Trinajstić information content (AvgIpc) is 2.91. The van der Waals surface area contributed by atoms with E-state index in [1.54, 1.807) is 6.20 Å². The highest BCUT2D eigenvalue weighted by Crippen LogP contribution is 2.23. The number of fused-ring (bicyclic) bond motifs is 1. The van der Waals surface area contributed by atoms with Crippen LogP contribution in [0.4, 0.5) is 0 Å². The van der Waals surface area contributed by atoms with Gasteiger partial charge in [0, 0.05) is 17.6 Å². The first-order valence-corrected chi connectivity index (χ1v) is 6.26. The lowest BCUT2D eigenvalue weighted by atomic mass is 10.3. The molecule has 6 heteroatoms. The van der Waals surface area contributed by atoms with Crippen molar-refractivity contribution in [2.45, 2.75) is 20.4 Å². The van der Waals surface area contributed by atoms with Crippen LogP contribution >= 0.6 is 0 Å². The van der Waals surface area contributed by atoms with Crippen LogP contribution in [0.2, 0.25) is 0 Å². The standard InChI is InChI=1S/C14H14N4O2/c1-9-5-6-10(2)18(9)14-11-4-3-7-15-13(11)17(16-14)8-12(19)20/h3-7H,8H2,1-2H3,(H,19,20). The third-order valence-corrected chi connectivity index (χ3v) is 3.26. The van der Waals surface area contributed by atoms with E-state index in [9.17, 15) is 4.79 Å². The molecule has 20 heavy (non-hydrogen) atoms. The molecule has 3 rings (SSSR count). The van der Waals surface area contributed by atoms with Crippen molar-refractivity contribution in [1.29, 1.82) is 0 Å². The van der Waals surface area contributed by atoms with E-state index < -0.39 is 5.97 Å². The Labute approximate surface area is 115 Å². The van der Waals surface area contributed by atoms with Gasteiger partial charge < -0.3 is 9.67 Å². The molecule has 1 N–H and O–H groups in total. The summed E-state index contributed by atoms with van der Waals surface area (Å²) >= 11 is 0. The smallest absolute Gasteiger partial charge is 0.325 e. The Morgan fingerprint density at radius 2 is 1.95 bits per heavy atom. The number of aliphatic carboxylic acids is 1. The number of hydrogen-bond donors (Lipinski definition) is 1. The molecule has 0 unspecified atom stereocenters. The number of aryl methyl sites for hydroxylation is 2. The number of rotatable bonds is 3. The van der Waals surface area contributed by atoms with E-state index >= 15 is 0 Å². The normalized spacial score (nSPS) is 11.1. The summed E-state index contributed by atoms with van der Waals surface area (Å²) in [6.45, 7) is 3.78. The topological polar surface area (TPSA) is 72.9 Å². The van der Waals surface area contributed by atoms with Gasteiger partial charge in [-0.1, -0.05) is 0 Å². The van der Waals surface area contributed by atoms with Crippen molar-refractivity contribution in [1.82, 2.24) is 19.3 Å². The predicted molar refractivity (Wildman–Crippen MR) is 74.0 cm³/mol. The third-order valence-electron chi connectivity index (χ3n) is 3.26. The maximum absolute atomic E-state index is 10.9. The summed E-state index contributed by atoms with van der Waals surface area (Å²) in [4.78, 5) is 15.2. The van der Waals surface area contributed by atoms with Gasteiger partial charge in [-0.15, -0.1) is 0 Å². The molecule has 0 bridgehead atoms. The van der Waals surface area contributed by atoms with Crippen LogP contribution in [0.5, 0.6) is 0 Å². The highest BCUT2D eigenvalue weighted by Gasteiger charge is 2.16. The molecular formula is C14H14N4O2. The molecule has 0 aliphatic heterocycles. The molecule has 0 radical (unpaired) electrons. The van der Waals surface area contributed by atoms with Crippen LogP contribution in [0.3, 0.4) is 0 Å². The second-order valence-corrected chi connectivity index (χ2v) is 4.70. The van der Waals surface area contributed by atoms with Crippen molar-refractivity contribution in [3.63, 3.8) is 0 Å². The minimum atomic E-state index is -0.937. The maximum atomic E-state index is 10.9. The second kappa shape index (κ2) is 4.48. The Kier molecular flexibility index (Phi) is 2.78. The zero-order valence-electron chi connectivity index (χ0n) is 11.2. The van der Waals surface area contributed by atoms with Crippen molar-refractivity contribution < 1.29 is 9.90 Å². The van der Waals surface area contributed by atoms with Crippen LogP contribution in [-0.4, -0.2) is 30.4 Å². The molecule has 0 saturated carbocycles. The zero-order chi connectivity index (χ0) is 14.3. The monoisotopic (exact) mass is 270 g/mol. The van der Waals surface area contributed by atoms with Crippen molar-refractivity contribution in [2.75, 3.05) is 0 Å². The van der Waals surface area contributed by atoms with Gasteiger partial charge in [0.05, 0.1) is 5.39 Å². The van der Waals surface area contributed by atoms with Crippen molar-refractivity contribution >= 4 is 17.0 Å². The molecule has 0 aliphatic carbocycles. The molecule has 6 nitrogen and oxygen atoms in total. The van der Waals surface area contributed by atoms with Crippen LogP contribution < -0.4 is 0 Å². The highest BCUT2D eigenvalue weighted by molar-refractivity contribution is 5.84. The van der Waals surface area contributed by atoms with E-state index in [-0.39, 0.29) is 6.54 Å². The fourth-order valence-electron chi connectivity index (χ4n) is 2.40. The summed E-state index contributed by atoms with van der Waals surface area (Å²) in [6.07, 6.45) is 1.64. The number of hydrogen-bond acceptors (Lipinski definition) is 3. The largest absolute Gasteiger partial charge is 0.480 e. The van der Waals surface area contributed by atoms with Crippen molar-refractivity contribution in [3.05, 3.63) is 41.9 Å². The molecule has 0 amide bonds. The first-order valence-electron chi connectivity index (χ1n) is 6.26. The molecule has 3 aromatic heterocycles. The molecule has 0 aliphatic rings. The lowest BCUT2D eigenvalue weighted by Crippen LogP contribution is -2.11. The van der Waals surface area contributed by atoms with E-state index in [2.05, 4.69) is 10.1 Å². The molecular weight excluding hydrogens is 256 g/mol. The number of carbonyl (C=O) groups is 1. The Bertz CT molecular complexity index is 781. The quantitative estimate of drug-likeness (QED) is 0.789. The summed E-state index contributed by atoms with van der Waals surface area (Å²) in [5, 5.41) is 14.3.